The summed E-state index contributed by atoms with van der Waals surface area (Å²) >= 11 is 0. The molecule has 0 saturated heterocycles. The molecule has 0 aliphatic heterocycles. The zero-order chi connectivity index (χ0) is 18.8. The number of benzene rings is 1. The fraction of sp³-hybridized carbons (Fsp3) is 0.0952. The minimum atomic E-state index is -0.105. The van der Waals surface area contributed by atoms with E-state index in [1.165, 1.54) is 0 Å². The second-order valence-electron chi connectivity index (χ2n) is 6.22. The molecule has 3 heterocycles. The summed E-state index contributed by atoms with van der Waals surface area (Å²) in [6.07, 6.45) is 4.97. The maximum absolute atomic E-state index is 12.8. The molecule has 1 aromatic carbocycles. The van der Waals surface area contributed by atoms with Gasteiger partial charge < -0.3 is 14.7 Å². The van der Waals surface area contributed by atoms with E-state index < -0.39 is 0 Å². The second kappa shape index (κ2) is 6.92. The highest BCUT2D eigenvalue weighted by Gasteiger charge is 2.15. The van der Waals surface area contributed by atoms with Crippen molar-refractivity contribution in [3.63, 3.8) is 0 Å². The number of furan rings is 1. The molecule has 0 bridgehead atoms. The molecule has 4 aromatic rings. The number of nitrogens with two attached hydrogens (primary N) is 1. The van der Waals surface area contributed by atoms with Gasteiger partial charge in [0.2, 0.25) is 5.95 Å². The van der Waals surface area contributed by atoms with Crippen LogP contribution in [0.3, 0.4) is 0 Å². The predicted molar refractivity (Wildman–Crippen MR) is 104 cm³/mol. The molecule has 0 fully saturated rings. The van der Waals surface area contributed by atoms with Crippen molar-refractivity contribution in [2.24, 2.45) is 0 Å². The van der Waals surface area contributed by atoms with E-state index in [0.29, 0.717) is 22.6 Å². The standard InChI is InChI=1S/C21H18N4O2/c1-14(15-6-3-2-4-7-15)25-10-9-16(12-19(25)26)17-13-23-21(22)24-20(17)18-8-5-11-27-18/h2-14H,1H3,(H2,22,23,24). The predicted octanol–water partition coefficient (Wildman–Crippen LogP) is 3.76. The zero-order valence-electron chi connectivity index (χ0n) is 14.7. The van der Waals surface area contributed by atoms with Gasteiger partial charge >= 0.3 is 0 Å². The van der Waals surface area contributed by atoms with Crippen LogP contribution in [0.4, 0.5) is 5.95 Å². The lowest BCUT2D eigenvalue weighted by atomic mass is 10.0. The van der Waals surface area contributed by atoms with Crippen molar-refractivity contribution in [3.05, 3.63) is 89.2 Å². The third-order valence-electron chi connectivity index (χ3n) is 4.52. The van der Waals surface area contributed by atoms with Crippen LogP contribution in [0.1, 0.15) is 18.5 Å². The maximum atomic E-state index is 12.8. The van der Waals surface area contributed by atoms with Crippen molar-refractivity contribution in [1.29, 1.82) is 0 Å². The molecule has 27 heavy (non-hydrogen) atoms. The lowest BCUT2D eigenvalue weighted by Crippen LogP contribution is -2.22. The molecule has 0 spiro atoms. The molecular weight excluding hydrogens is 340 g/mol. The number of hydrogen-bond acceptors (Lipinski definition) is 5. The Labute approximate surface area is 155 Å². The summed E-state index contributed by atoms with van der Waals surface area (Å²) in [5, 5.41) is 0. The lowest BCUT2D eigenvalue weighted by Gasteiger charge is -2.16. The van der Waals surface area contributed by atoms with Gasteiger partial charge in [-0.25, -0.2) is 9.97 Å². The molecule has 4 rings (SSSR count). The molecule has 134 valence electrons. The van der Waals surface area contributed by atoms with Crippen molar-refractivity contribution < 1.29 is 4.42 Å². The van der Waals surface area contributed by atoms with Crippen LogP contribution in [0.2, 0.25) is 0 Å². The van der Waals surface area contributed by atoms with Gasteiger partial charge in [0.15, 0.2) is 5.76 Å². The van der Waals surface area contributed by atoms with E-state index in [0.717, 1.165) is 5.56 Å². The van der Waals surface area contributed by atoms with Gasteiger partial charge in [0.05, 0.1) is 12.3 Å². The summed E-state index contributed by atoms with van der Waals surface area (Å²) in [5.74, 6) is 0.720. The van der Waals surface area contributed by atoms with Gasteiger partial charge in [0.25, 0.3) is 5.56 Å². The molecule has 0 aliphatic rings. The Bertz CT molecular complexity index is 1120. The molecule has 6 heteroatoms. The van der Waals surface area contributed by atoms with Crippen molar-refractivity contribution in [1.82, 2.24) is 14.5 Å². The van der Waals surface area contributed by atoms with Crippen LogP contribution in [0, 0.1) is 0 Å². The van der Waals surface area contributed by atoms with E-state index in [4.69, 9.17) is 10.2 Å². The minimum Gasteiger partial charge on any atom is -0.463 e. The molecule has 0 aliphatic carbocycles. The van der Waals surface area contributed by atoms with Crippen molar-refractivity contribution in [2.45, 2.75) is 13.0 Å². The summed E-state index contributed by atoms with van der Waals surface area (Å²) in [5.41, 5.74) is 8.66. The Hall–Kier alpha value is -3.67. The average Bonchev–Trinajstić information content (AvgIpc) is 3.23. The summed E-state index contributed by atoms with van der Waals surface area (Å²) < 4.78 is 7.16. The number of rotatable bonds is 4. The van der Waals surface area contributed by atoms with Crippen LogP contribution in [-0.4, -0.2) is 14.5 Å². The van der Waals surface area contributed by atoms with Crippen molar-refractivity contribution in [3.8, 4) is 22.6 Å². The second-order valence-corrected chi connectivity index (χ2v) is 6.22. The Kier molecular flexibility index (Phi) is 4.30. The molecule has 6 nitrogen and oxygen atoms in total. The van der Waals surface area contributed by atoms with E-state index in [1.54, 1.807) is 41.4 Å². The first kappa shape index (κ1) is 16.8. The maximum Gasteiger partial charge on any atom is 0.251 e. The summed E-state index contributed by atoms with van der Waals surface area (Å²) in [6.45, 7) is 2.00. The third-order valence-corrected chi connectivity index (χ3v) is 4.52. The van der Waals surface area contributed by atoms with Crippen LogP contribution < -0.4 is 11.3 Å². The van der Waals surface area contributed by atoms with E-state index in [9.17, 15) is 4.79 Å². The van der Waals surface area contributed by atoms with Crippen molar-refractivity contribution >= 4 is 5.95 Å². The molecule has 0 saturated carbocycles. The van der Waals surface area contributed by atoms with E-state index in [2.05, 4.69) is 9.97 Å². The first-order chi connectivity index (χ1) is 13.1. The smallest absolute Gasteiger partial charge is 0.251 e. The number of anilines is 1. The fourth-order valence-corrected chi connectivity index (χ4v) is 3.08. The number of pyridine rings is 1. The SMILES string of the molecule is CC(c1ccccc1)n1ccc(-c2cnc(N)nc2-c2ccco2)cc1=O. The number of nitrogen functional groups attached to an aromatic ring is 1. The van der Waals surface area contributed by atoms with E-state index in [-0.39, 0.29) is 17.5 Å². The summed E-state index contributed by atoms with van der Waals surface area (Å²) in [6, 6.07) is 16.9. The summed E-state index contributed by atoms with van der Waals surface area (Å²) in [7, 11) is 0. The zero-order valence-corrected chi connectivity index (χ0v) is 14.7. The topological polar surface area (TPSA) is 86.9 Å². The van der Waals surface area contributed by atoms with Crippen LogP contribution >= 0.6 is 0 Å². The van der Waals surface area contributed by atoms with Crippen molar-refractivity contribution in [2.75, 3.05) is 5.73 Å². The molecule has 2 N–H and O–H groups in total. The largest absolute Gasteiger partial charge is 0.463 e. The first-order valence-electron chi connectivity index (χ1n) is 8.57. The Morgan fingerprint density at radius 3 is 2.63 bits per heavy atom. The molecule has 1 atom stereocenters. The van der Waals surface area contributed by atoms with Gasteiger partial charge in [0, 0.05) is 24.0 Å². The minimum absolute atomic E-state index is 0.0695. The molecule has 0 radical (unpaired) electrons. The Balaban J connectivity index is 1.77. The van der Waals surface area contributed by atoms with E-state index >= 15 is 0 Å². The van der Waals surface area contributed by atoms with Crippen LogP contribution in [0.5, 0.6) is 0 Å². The van der Waals surface area contributed by atoms with Gasteiger partial charge in [-0.1, -0.05) is 30.3 Å². The highest BCUT2D eigenvalue weighted by molar-refractivity contribution is 5.78. The molecule has 0 amide bonds. The number of nitrogens with zero attached hydrogens (tertiary/aromatic N) is 3. The normalized spacial score (nSPS) is 12.0. The monoisotopic (exact) mass is 358 g/mol. The summed E-state index contributed by atoms with van der Waals surface area (Å²) in [4.78, 5) is 21.1. The quantitative estimate of drug-likeness (QED) is 0.600. The Morgan fingerprint density at radius 2 is 1.93 bits per heavy atom. The van der Waals surface area contributed by atoms with Crippen LogP contribution in [0.25, 0.3) is 22.6 Å². The van der Waals surface area contributed by atoms with Gasteiger partial charge in [-0.15, -0.1) is 0 Å². The highest BCUT2D eigenvalue weighted by Crippen LogP contribution is 2.30. The van der Waals surface area contributed by atoms with Crippen LogP contribution in [-0.2, 0) is 0 Å². The molecule has 1 unspecified atom stereocenters. The van der Waals surface area contributed by atoms with Gasteiger partial charge in [-0.05, 0) is 36.2 Å². The van der Waals surface area contributed by atoms with Gasteiger partial charge in [0.1, 0.15) is 5.69 Å². The van der Waals surface area contributed by atoms with E-state index in [1.807, 2.05) is 43.3 Å². The molecular formula is C21H18N4O2. The lowest BCUT2D eigenvalue weighted by molar-refractivity contribution is 0.580. The van der Waals surface area contributed by atoms with Gasteiger partial charge in [-0.2, -0.15) is 0 Å². The van der Waals surface area contributed by atoms with Crippen LogP contribution in [0.15, 0.2) is 82.5 Å². The number of hydrogen-bond donors (Lipinski definition) is 1. The van der Waals surface area contributed by atoms with Gasteiger partial charge in [-0.3, -0.25) is 4.79 Å². The highest BCUT2D eigenvalue weighted by atomic mass is 16.3. The average molecular weight is 358 g/mol. The number of aromatic nitrogens is 3. The third kappa shape index (κ3) is 3.25. The fourth-order valence-electron chi connectivity index (χ4n) is 3.08. The Morgan fingerprint density at radius 1 is 1.11 bits per heavy atom. The molecule has 3 aromatic heterocycles. The first-order valence-corrected chi connectivity index (χ1v) is 8.57.